The van der Waals surface area contributed by atoms with Crippen molar-refractivity contribution in [1.82, 2.24) is 4.90 Å². The molecule has 342 valence electrons. The number of hydrogen-bond donors (Lipinski definition) is 0. The maximum atomic E-state index is 14.6. The number of imide groups is 1. The first-order chi connectivity index (χ1) is 30.0. The SMILES string of the molecule is CC(C)[Si](OC[C@H]1O[C@@H](OC[C@H]2O[C@@H]3OC(C)(C)O[C@@H]3[C@H]3OC(C)(C)O[C@H]32)[C@H](N2C(=O)c3ccccc3C2=O)[C@@H](OCc2ccccc2)[C@@H]1OCc1ccccc1)(C(C)C)C(C)C. The van der Waals surface area contributed by atoms with E-state index in [1.54, 1.807) is 24.3 Å². The number of nitrogens with zero attached hydrogens (tertiary/aromatic N) is 1. The van der Waals surface area contributed by atoms with Gasteiger partial charge >= 0.3 is 0 Å². The number of amides is 2. The molecule has 10 atom stereocenters. The van der Waals surface area contributed by atoms with E-state index in [4.69, 9.17) is 47.1 Å². The van der Waals surface area contributed by atoms with E-state index in [0.717, 1.165) is 11.1 Å². The largest absolute Gasteiger partial charge is 0.413 e. The third-order valence-electron chi connectivity index (χ3n) is 13.2. The van der Waals surface area contributed by atoms with Gasteiger partial charge in [-0.05, 0) is 67.6 Å². The van der Waals surface area contributed by atoms with Crippen molar-refractivity contribution in [1.29, 1.82) is 0 Å². The fourth-order valence-electron chi connectivity index (χ4n) is 10.6. The zero-order valence-corrected chi connectivity index (χ0v) is 39.3. The van der Waals surface area contributed by atoms with Crippen LogP contribution in [0, 0.1) is 0 Å². The molecule has 5 aliphatic heterocycles. The van der Waals surface area contributed by atoms with Crippen LogP contribution >= 0.6 is 0 Å². The fourth-order valence-corrected chi connectivity index (χ4v) is 16.0. The second kappa shape index (κ2) is 18.5. The molecule has 14 heteroatoms. The third kappa shape index (κ3) is 9.24. The highest BCUT2D eigenvalue weighted by Crippen LogP contribution is 2.46. The third-order valence-corrected chi connectivity index (χ3v) is 19.3. The first-order valence-corrected chi connectivity index (χ1v) is 24.7. The molecule has 5 aliphatic rings. The number of rotatable bonds is 16. The lowest BCUT2D eigenvalue weighted by atomic mass is 9.94. The van der Waals surface area contributed by atoms with Gasteiger partial charge < -0.3 is 47.1 Å². The Morgan fingerprint density at radius 3 is 1.62 bits per heavy atom. The van der Waals surface area contributed by atoms with Crippen LogP contribution in [-0.4, -0.2) is 111 Å². The van der Waals surface area contributed by atoms with Gasteiger partial charge in [0, 0.05) is 0 Å². The van der Waals surface area contributed by atoms with Crippen molar-refractivity contribution in [3.05, 3.63) is 107 Å². The van der Waals surface area contributed by atoms with E-state index in [1.165, 1.54) is 4.90 Å². The lowest BCUT2D eigenvalue weighted by Crippen LogP contribution is -2.68. The molecule has 0 unspecified atom stereocenters. The lowest BCUT2D eigenvalue weighted by molar-refractivity contribution is -0.310. The molecule has 4 saturated heterocycles. The van der Waals surface area contributed by atoms with Crippen LogP contribution in [0.2, 0.25) is 16.6 Å². The highest BCUT2D eigenvalue weighted by atomic mass is 28.4. The zero-order chi connectivity index (χ0) is 44.8. The van der Waals surface area contributed by atoms with E-state index in [0.29, 0.717) is 11.1 Å². The Hall–Kier alpha value is -3.38. The van der Waals surface area contributed by atoms with Crippen molar-refractivity contribution in [2.75, 3.05) is 13.2 Å². The van der Waals surface area contributed by atoms with Gasteiger partial charge in [-0.25, -0.2) is 0 Å². The maximum absolute atomic E-state index is 14.6. The summed E-state index contributed by atoms with van der Waals surface area (Å²) in [4.78, 5) is 30.5. The summed E-state index contributed by atoms with van der Waals surface area (Å²) in [6.07, 6.45) is -6.87. The molecule has 3 aromatic carbocycles. The number of ether oxygens (including phenoxy) is 9. The van der Waals surface area contributed by atoms with Gasteiger partial charge in [0.1, 0.15) is 48.8 Å². The van der Waals surface area contributed by atoms with Crippen LogP contribution in [0.1, 0.15) is 101 Å². The molecule has 63 heavy (non-hydrogen) atoms. The number of carbonyl (C=O) groups excluding carboxylic acids is 2. The predicted molar refractivity (Wildman–Crippen MR) is 235 cm³/mol. The summed E-state index contributed by atoms with van der Waals surface area (Å²) in [6, 6.07) is 25.4. The normalized spacial score (nSPS) is 31.2. The van der Waals surface area contributed by atoms with Crippen LogP contribution in [0.5, 0.6) is 0 Å². The van der Waals surface area contributed by atoms with Crippen molar-refractivity contribution in [3.63, 3.8) is 0 Å². The molecule has 0 N–H and O–H groups in total. The van der Waals surface area contributed by atoms with E-state index in [1.807, 2.05) is 88.4 Å². The Bertz CT molecular complexity index is 1990. The summed E-state index contributed by atoms with van der Waals surface area (Å²) in [5.41, 5.74) is 3.30. The predicted octanol–water partition coefficient (Wildman–Crippen LogP) is 8.15. The van der Waals surface area contributed by atoms with Gasteiger partial charge in [-0.1, -0.05) is 114 Å². The van der Waals surface area contributed by atoms with E-state index < -0.39 is 93.1 Å². The minimum absolute atomic E-state index is 0.0743. The minimum Gasteiger partial charge on any atom is -0.413 e. The van der Waals surface area contributed by atoms with Gasteiger partial charge in [-0.15, -0.1) is 0 Å². The van der Waals surface area contributed by atoms with Gasteiger partial charge in [0.25, 0.3) is 11.8 Å². The molecule has 13 nitrogen and oxygen atoms in total. The average molecular weight is 888 g/mol. The van der Waals surface area contributed by atoms with Crippen molar-refractivity contribution in [2.45, 2.75) is 172 Å². The zero-order valence-electron chi connectivity index (χ0n) is 38.3. The monoisotopic (exact) mass is 887 g/mol. The molecule has 4 fully saturated rings. The van der Waals surface area contributed by atoms with Gasteiger partial charge in [0.05, 0.1) is 37.6 Å². The lowest BCUT2D eigenvalue weighted by Gasteiger charge is -2.50. The Labute approximate surface area is 373 Å². The first kappa shape index (κ1) is 46.2. The van der Waals surface area contributed by atoms with Gasteiger partial charge in [0.15, 0.2) is 32.5 Å². The van der Waals surface area contributed by atoms with Crippen molar-refractivity contribution < 1.29 is 56.6 Å². The summed E-state index contributed by atoms with van der Waals surface area (Å²) in [6.45, 7) is 21.3. The van der Waals surface area contributed by atoms with Crippen LogP contribution in [0.3, 0.4) is 0 Å². The maximum Gasteiger partial charge on any atom is 0.262 e. The molecule has 5 heterocycles. The highest BCUT2D eigenvalue weighted by molar-refractivity contribution is 6.77. The molecule has 2 amide bonds. The Kier molecular flexibility index (Phi) is 13.5. The fraction of sp³-hybridized carbons (Fsp3) is 0.592. The number of benzene rings is 3. The van der Waals surface area contributed by atoms with E-state index in [-0.39, 0.29) is 43.1 Å². The van der Waals surface area contributed by atoms with Crippen LogP contribution in [0.25, 0.3) is 0 Å². The Morgan fingerprint density at radius 2 is 1.06 bits per heavy atom. The van der Waals surface area contributed by atoms with Gasteiger partial charge in [-0.3, -0.25) is 14.5 Å². The highest BCUT2D eigenvalue weighted by Gasteiger charge is 2.62. The van der Waals surface area contributed by atoms with E-state index in [9.17, 15) is 9.59 Å². The molecular weight excluding hydrogens is 823 g/mol. The summed E-state index contributed by atoms with van der Waals surface area (Å²) in [5, 5.41) is 0. The van der Waals surface area contributed by atoms with E-state index in [2.05, 4.69) is 41.5 Å². The Morgan fingerprint density at radius 1 is 0.571 bits per heavy atom. The van der Waals surface area contributed by atoms with Gasteiger partial charge in [-0.2, -0.15) is 0 Å². The minimum atomic E-state index is -2.46. The molecule has 8 rings (SSSR count). The molecule has 0 bridgehead atoms. The van der Waals surface area contributed by atoms with Crippen LogP contribution in [0.15, 0.2) is 84.9 Å². The number of carbonyl (C=O) groups is 2. The molecular formula is C49H65NO12Si. The second-order valence-corrected chi connectivity index (χ2v) is 24.7. The molecule has 0 saturated carbocycles. The van der Waals surface area contributed by atoms with Crippen molar-refractivity contribution >= 4 is 20.1 Å². The second-order valence-electron chi connectivity index (χ2n) is 19.3. The van der Waals surface area contributed by atoms with Crippen molar-refractivity contribution in [2.24, 2.45) is 0 Å². The quantitative estimate of drug-likeness (QED) is 0.102. The molecule has 0 aromatic heterocycles. The topological polar surface area (TPSA) is 130 Å². The number of hydrogen-bond acceptors (Lipinski definition) is 12. The van der Waals surface area contributed by atoms with Crippen LogP contribution in [0.4, 0.5) is 0 Å². The van der Waals surface area contributed by atoms with Crippen LogP contribution in [-0.2, 0) is 60.3 Å². The van der Waals surface area contributed by atoms with Gasteiger partial charge in [0.2, 0.25) is 0 Å². The standard InChI is InChI=1S/C49H65NO12Si/c1-29(2)63(30(3)4,31(5)6)56-28-37-39(53-25-32-19-13-11-14-20-32)41(54-26-33-21-15-12-16-22-33)38(50-44(51)34-23-17-18-24-35(34)45(50)52)46(57-37)55-27-36-40-42(60-48(7,8)59-40)43-47(58-36)62-49(9,10)61-43/h11-24,29-31,36-43,46-47H,25-28H2,1-10H3/t36-,37-,38-,39-,40+,41-,42+,43-,46-,47-/m1/s1. The van der Waals surface area contributed by atoms with Crippen molar-refractivity contribution in [3.8, 4) is 0 Å². The molecule has 0 spiro atoms. The van der Waals surface area contributed by atoms with E-state index >= 15 is 0 Å². The van der Waals surface area contributed by atoms with Crippen LogP contribution < -0.4 is 0 Å². The summed E-state index contributed by atoms with van der Waals surface area (Å²) in [7, 11) is -2.46. The molecule has 0 radical (unpaired) electrons. The summed E-state index contributed by atoms with van der Waals surface area (Å²) < 4.78 is 67.2. The first-order valence-electron chi connectivity index (χ1n) is 22.6. The molecule has 3 aromatic rings. The summed E-state index contributed by atoms with van der Waals surface area (Å²) in [5.74, 6) is -2.80. The Balaban J connectivity index is 1.20. The average Bonchev–Trinajstić information content (AvgIpc) is 3.84. The smallest absolute Gasteiger partial charge is 0.262 e. The molecule has 0 aliphatic carbocycles. The summed E-state index contributed by atoms with van der Waals surface area (Å²) >= 11 is 0. The number of fused-ring (bicyclic) bond motifs is 4.